The second-order valence-electron chi connectivity index (χ2n) is 3.42. The molecule has 2 N–H and O–H groups in total. The van der Waals surface area contributed by atoms with E-state index in [1.807, 2.05) is 6.08 Å². The molecule has 3 unspecified atom stereocenters. The third kappa shape index (κ3) is 0.822. The number of alkyl halides is 1. The maximum atomic E-state index is 11.0. The Hall–Kier alpha value is -0.500. The van der Waals surface area contributed by atoms with Crippen molar-refractivity contribution in [1.82, 2.24) is 0 Å². The van der Waals surface area contributed by atoms with Gasteiger partial charge < -0.3 is 5.73 Å². The summed E-state index contributed by atoms with van der Waals surface area (Å²) in [4.78, 5) is 10.2. The third-order valence-electron chi connectivity index (χ3n) is 2.73. The summed E-state index contributed by atoms with van der Waals surface area (Å²) >= 11 is 6.08. The number of hydrogen-bond donors (Lipinski definition) is 1. The minimum absolute atomic E-state index is 0.187. The Morgan fingerprint density at radius 1 is 1.64 bits per heavy atom. The average Bonchev–Trinajstić information content (AvgIpc) is 2.45. The number of amides is 1. The number of carbonyl (C=O) groups excluding carboxylic acids is 1. The second kappa shape index (κ2) is 2.01. The summed E-state index contributed by atoms with van der Waals surface area (Å²) in [7, 11) is 0. The van der Waals surface area contributed by atoms with Gasteiger partial charge in [0.1, 0.15) is 4.87 Å². The molecule has 2 aliphatic carbocycles. The lowest BCUT2D eigenvalue weighted by molar-refractivity contribution is -0.121. The highest BCUT2D eigenvalue weighted by molar-refractivity contribution is 6.35. The number of rotatable bonds is 1. The van der Waals surface area contributed by atoms with Crippen molar-refractivity contribution in [3.63, 3.8) is 0 Å². The number of carbonyl (C=O) groups is 1. The molecule has 60 valence electrons. The van der Waals surface area contributed by atoms with E-state index in [9.17, 15) is 4.79 Å². The van der Waals surface area contributed by atoms with E-state index in [1.165, 1.54) is 0 Å². The predicted molar refractivity (Wildman–Crippen MR) is 43.1 cm³/mol. The third-order valence-corrected chi connectivity index (χ3v) is 3.35. The van der Waals surface area contributed by atoms with Crippen LogP contribution in [0.5, 0.6) is 0 Å². The first kappa shape index (κ1) is 7.17. The van der Waals surface area contributed by atoms with Crippen LogP contribution in [0.15, 0.2) is 12.2 Å². The van der Waals surface area contributed by atoms with Crippen molar-refractivity contribution in [1.29, 1.82) is 0 Å². The fourth-order valence-corrected chi connectivity index (χ4v) is 2.44. The Kier molecular flexibility index (Phi) is 1.31. The Bertz CT molecular complexity index is 238. The van der Waals surface area contributed by atoms with Gasteiger partial charge in [-0.2, -0.15) is 0 Å². The van der Waals surface area contributed by atoms with Crippen molar-refractivity contribution in [2.24, 2.45) is 17.6 Å². The standard InChI is InChI=1S/C8H10ClNO/c9-8(7(10)11)4-5-1-2-6(8)3-5/h1-2,5-6H,3-4H2,(H2,10,11). The van der Waals surface area contributed by atoms with Gasteiger partial charge in [0.15, 0.2) is 0 Å². The van der Waals surface area contributed by atoms with Crippen molar-refractivity contribution in [3.8, 4) is 0 Å². The van der Waals surface area contributed by atoms with Crippen LogP contribution in [-0.4, -0.2) is 10.8 Å². The summed E-state index contributed by atoms with van der Waals surface area (Å²) in [5.41, 5.74) is 5.21. The summed E-state index contributed by atoms with van der Waals surface area (Å²) in [5.74, 6) is 0.313. The van der Waals surface area contributed by atoms with Crippen LogP contribution in [0.2, 0.25) is 0 Å². The molecule has 0 aromatic heterocycles. The van der Waals surface area contributed by atoms with E-state index < -0.39 is 4.87 Å². The normalized spacial score (nSPS) is 46.6. The van der Waals surface area contributed by atoms with Crippen LogP contribution in [0.25, 0.3) is 0 Å². The molecule has 0 aromatic carbocycles. The lowest BCUT2D eigenvalue weighted by Crippen LogP contribution is -2.41. The number of halogens is 1. The van der Waals surface area contributed by atoms with Crippen LogP contribution < -0.4 is 5.73 Å². The first-order valence-electron chi connectivity index (χ1n) is 3.80. The zero-order valence-electron chi connectivity index (χ0n) is 6.09. The van der Waals surface area contributed by atoms with Gasteiger partial charge in [-0.25, -0.2) is 0 Å². The Morgan fingerprint density at radius 2 is 2.36 bits per heavy atom. The topological polar surface area (TPSA) is 43.1 Å². The van der Waals surface area contributed by atoms with Crippen LogP contribution >= 0.6 is 11.6 Å². The monoisotopic (exact) mass is 171 g/mol. The molecule has 2 bridgehead atoms. The zero-order chi connectivity index (χ0) is 8.06. The van der Waals surface area contributed by atoms with Gasteiger partial charge in [-0.15, -0.1) is 11.6 Å². The summed E-state index contributed by atoms with van der Waals surface area (Å²) < 4.78 is 0. The highest BCUT2D eigenvalue weighted by Crippen LogP contribution is 2.49. The fourth-order valence-electron chi connectivity index (χ4n) is 2.08. The largest absolute Gasteiger partial charge is 0.368 e. The molecule has 2 aliphatic rings. The zero-order valence-corrected chi connectivity index (χ0v) is 6.84. The van der Waals surface area contributed by atoms with Crippen LogP contribution in [0.1, 0.15) is 12.8 Å². The average molecular weight is 172 g/mol. The highest BCUT2D eigenvalue weighted by atomic mass is 35.5. The molecule has 1 saturated carbocycles. The maximum absolute atomic E-state index is 11.0. The van der Waals surface area contributed by atoms with Gasteiger partial charge in [0.05, 0.1) is 0 Å². The van der Waals surface area contributed by atoms with Crippen molar-refractivity contribution in [2.45, 2.75) is 17.7 Å². The lowest BCUT2D eigenvalue weighted by atomic mass is 9.92. The van der Waals surface area contributed by atoms with E-state index in [1.54, 1.807) is 0 Å². The minimum atomic E-state index is -0.764. The van der Waals surface area contributed by atoms with Gasteiger partial charge in [-0.05, 0) is 18.8 Å². The molecule has 11 heavy (non-hydrogen) atoms. The van der Waals surface area contributed by atoms with Crippen LogP contribution in [-0.2, 0) is 4.79 Å². The molecule has 0 aromatic rings. The van der Waals surface area contributed by atoms with E-state index in [0.717, 1.165) is 12.8 Å². The predicted octanol–water partition coefficient (Wildman–Crippen LogP) is 1.05. The highest BCUT2D eigenvalue weighted by Gasteiger charge is 2.51. The molecular formula is C8H10ClNO. The molecule has 0 saturated heterocycles. The summed E-state index contributed by atoms with van der Waals surface area (Å²) in [6.07, 6.45) is 5.89. The molecule has 0 radical (unpaired) electrons. The van der Waals surface area contributed by atoms with Crippen molar-refractivity contribution >= 4 is 17.5 Å². The summed E-state index contributed by atoms with van der Waals surface area (Å²) in [5, 5.41) is 0. The van der Waals surface area contributed by atoms with E-state index in [-0.39, 0.29) is 11.8 Å². The van der Waals surface area contributed by atoms with Crippen LogP contribution in [0.4, 0.5) is 0 Å². The molecule has 3 heteroatoms. The molecule has 0 aliphatic heterocycles. The van der Waals surface area contributed by atoms with Crippen molar-refractivity contribution < 1.29 is 4.79 Å². The minimum Gasteiger partial charge on any atom is -0.368 e. The SMILES string of the molecule is NC(=O)C1(Cl)CC2C=CC1C2. The lowest BCUT2D eigenvalue weighted by Gasteiger charge is -2.24. The van der Waals surface area contributed by atoms with Gasteiger partial charge in [0.2, 0.25) is 5.91 Å². The molecule has 1 amide bonds. The molecule has 1 fully saturated rings. The molecule has 2 nitrogen and oxygen atoms in total. The van der Waals surface area contributed by atoms with E-state index in [2.05, 4.69) is 6.08 Å². The number of primary amides is 1. The number of hydrogen-bond acceptors (Lipinski definition) is 1. The number of fused-ring (bicyclic) bond motifs is 2. The maximum Gasteiger partial charge on any atom is 0.239 e. The molecule has 0 spiro atoms. The number of nitrogens with two attached hydrogens (primary N) is 1. The smallest absolute Gasteiger partial charge is 0.239 e. The van der Waals surface area contributed by atoms with Gasteiger partial charge in [-0.1, -0.05) is 12.2 Å². The first-order valence-corrected chi connectivity index (χ1v) is 4.18. The first-order chi connectivity index (χ1) is 5.13. The Balaban J connectivity index is 2.30. The van der Waals surface area contributed by atoms with Crippen molar-refractivity contribution in [2.75, 3.05) is 0 Å². The van der Waals surface area contributed by atoms with Gasteiger partial charge in [0, 0.05) is 5.92 Å². The Labute approximate surface area is 70.4 Å². The molecule has 3 atom stereocenters. The quantitative estimate of drug-likeness (QED) is 0.465. The van der Waals surface area contributed by atoms with Crippen LogP contribution in [0, 0.1) is 11.8 Å². The molecule has 0 heterocycles. The van der Waals surface area contributed by atoms with Crippen molar-refractivity contribution in [3.05, 3.63) is 12.2 Å². The van der Waals surface area contributed by atoms with E-state index in [0.29, 0.717) is 5.92 Å². The Morgan fingerprint density at radius 3 is 2.64 bits per heavy atom. The van der Waals surface area contributed by atoms with Gasteiger partial charge >= 0.3 is 0 Å². The summed E-state index contributed by atoms with van der Waals surface area (Å²) in [6.45, 7) is 0. The summed E-state index contributed by atoms with van der Waals surface area (Å²) in [6, 6.07) is 0. The number of allylic oxidation sites excluding steroid dienone is 2. The molecule has 2 rings (SSSR count). The van der Waals surface area contributed by atoms with E-state index in [4.69, 9.17) is 17.3 Å². The van der Waals surface area contributed by atoms with Crippen LogP contribution in [0.3, 0.4) is 0 Å². The second-order valence-corrected chi connectivity index (χ2v) is 4.09. The van der Waals surface area contributed by atoms with Gasteiger partial charge in [0.25, 0.3) is 0 Å². The van der Waals surface area contributed by atoms with Gasteiger partial charge in [-0.3, -0.25) is 4.79 Å². The fraction of sp³-hybridized carbons (Fsp3) is 0.625. The van der Waals surface area contributed by atoms with E-state index >= 15 is 0 Å². The molecular weight excluding hydrogens is 162 g/mol.